The third-order valence-corrected chi connectivity index (χ3v) is 4.98. The van der Waals surface area contributed by atoms with E-state index < -0.39 is 9.84 Å². The molecule has 1 aromatic rings. The largest absolute Gasteiger partial charge is 0.492 e. The van der Waals surface area contributed by atoms with Crippen molar-refractivity contribution in [3.8, 4) is 5.75 Å². The van der Waals surface area contributed by atoms with Gasteiger partial charge in [0.05, 0.1) is 11.4 Å². The highest BCUT2D eigenvalue weighted by Gasteiger charge is 2.07. The van der Waals surface area contributed by atoms with Crippen LogP contribution in [0, 0.1) is 5.92 Å². The Morgan fingerprint density at radius 3 is 2.29 bits per heavy atom. The molecule has 0 aromatic heterocycles. The van der Waals surface area contributed by atoms with Crippen molar-refractivity contribution in [2.45, 2.75) is 31.6 Å². The molecular weight excluding hydrogens is 326 g/mol. The SMILES string of the molecule is CCC(CC)CNC(=NC)NCCOc1ccc(S(C)(=O)=O)cc1. The van der Waals surface area contributed by atoms with E-state index in [4.69, 9.17) is 4.74 Å². The minimum absolute atomic E-state index is 0.291. The minimum atomic E-state index is -3.17. The highest BCUT2D eigenvalue weighted by molar-refractivity contribution is 7.90. The molecule has 0 amide bonds. The van der Waals surface area contributed by atoms with Crippen molar-refractivity contribution in [2.24, 2.45) is 10.9 Å². The molecule has 0 heterocycles. The second-order valence-corrected chi connectivity index (χ2v) is 7.67. The summed E-state index contributed by atoms with van der Waals surface area (Å²) in [4.78, 5) is 4.47. The maximum Gasteiger partial charge on any atom is 0.191 e. The van der Waals surface area contributed by atoms with Gasteiger partial charge in [0.25, 0.3) is 0 Å². The molecule has 0 aliphatic carbocycles. The lowest BCUT2D eigenvalue weighted by Crippen LogP contribution is -2.41. The Balaban J connectivity index is 2.34. The molecule has 0 saturated heterocycles. The van der Waals surface area contributed by atoms with E-state index in [1.54, 1.807) is 31.3 Å². The Morgan fingerprint density at radius 1 is 1.17 bits per heavy atom. The Labute approximate surface area is 145 Å². The predicted octanol–water partition coefficient (Wildman–Crippen LogP) is 2.07. The van der Waals surface area contributed by atoms with Crippen LogP contribution >= 0.6 is 0 Å². The van der Waals surface area contributed by atoms with Gasteiger partial charge in [0.1, 0.15) is 12.4 Å². The van der Waals surface area contributed by atoms with Crippen molar-refractivity contribution >= 4 is 15.8 Å². The van der Waals surface area contributed by atoms with E-state index in [9.17, 15) is 8.42 Å². The molecule has 0 bridgehead atoms. The molecule has 0 atom stereocenters. The molecule has 1 aromatic carbocycles. The van der Waals surface area contributed by atoms with Gasteiger partial charge in [-0.1, -0.05) is 26.7 Å². The maximum atomic E-state index is 11.4. The molecule has 6 nitrogen and oxygen atoms in total. The quantitative estimate of drug-likeness (QED) is 0.403. The average Bonchev–Trinajstić information content (AvgIpc) is 2.57. The molecule has 0 radical (unpaired) electrons. The topological polar surface area (TPSA) is 79.8 Å². The fraction of sp³-hybridized carbons (Fsp3) is 0.588. The van der Waals surface area contributed by atoms with Crippen LogP contribution in [0.1, 0.15) is 26.7 Å². The first-order valence-electron chi connectivity index (χ1n) is 8.28. The van der Waals surface area contributed by atoms with Crippen LogP contribution in [-0.4, -0.2) is 47.4 Å². The molecule has 0 spiro atoms. The van der Waals surface area contributed by atoms with E-state index in [-0.39, 0.29) is 0 Å². The highest BCUT2D eigenvalue weighted by atomic mass is 32.2. The van der Waals surface area contributed by atoms with Gasteiger partial charge in [0.15, 0.2) is 15.8 Å². The summed E-state index contributed by atoms with van der Waals surface area (Å²) in [5, 5.41) is 6.51. The number of sulfone groups is 1. The van der Waals surface area contributed by atoms with Gasteiger partial charge >= 0.3 is 0 Å². The summed E-state index contributed by atoms with van der Waals surface area (Å²) < 4.78 is 28.4. The van der Waals surface area contributed by atoms with Gasteiger partial charge < -0.3 is 15.4 Å². The first-order valence-corrected chi connectivity index (χ1v) is 10.2. The second-order valence-electron chi connectivity index (χ2n) is 5.65. The lowest BCUT2D eigenvalue weighted by atomic mass is 10.0. The summed E-state index contributed by atoms with van der Waals surface area (Å²) in [5.74, 6) is 2.05. The van der Waals surface area contributed by atoms with Crippen molar-refractivity contribution in [1.29, 1.82) is 0 Å². The smallest absolute Gasteiger partial charge is 0.191 e. The molecule has 7 heteroatoms. The molecule has 0 unspecified atom stereocenters. The fourth-order valence-corrected chi connectivity index (χ4v) is 2.79. The van der Waals surface area contributed by atoms with E-state index in [0.717, 1.165) is 25.3 Å². The molecular formula is C17H29N3O3S. The Hall–Kier alpha value is -1.76. The van der Waals surface area contributed by atoms with Gasteiger partial charge in [0, 0.05) is 19.8 Å². The number of hydrogen-bond donors (Lipinski definition) is 2. The molecule has 136 valence electrons. The van der Waals surface area contributed by atoms with Gasteiger partial charge in [-0.15, -0.1) is 0 Å². The maximum absolute atomic E-state index is 11.4. The van der Waals surface area contributed by atoms with E-state index >= 15 is 0 Å². The van der Waals surface area contributed by atoms with Crippen LogP contribution in [0.25, 0.3) is 0 Å². The van der Waals surface area contributed by atoms with Crippen molar-refractivity contribution < 1.29 is 13.2 Å². The molecule has 0 saturated carbocycles. The zero-order valence-electron chi connectivity index (χ0n) is 15.0. The second kappa shape index (κ2) is 10.2. The van der Waals surface area contributed by atoms with Crippen LogP contribution in [-0.2, 0) is 9.84 Å². The average molecular weight is 356 g/mol. The van der Waals surface area contributed by atoms with Crippen LogP contribution < -0.4 is 15.4 Å². The van der Waals surface area contributed by atoms with Crippen LogP contribution in [0.15, 0.2) is 34.2 Å². The zero-order chi connectivity index (χ0) is 18.0. The summed E-state index contributed by atoms with van der Waals surface area (Å²) in [6.07, 6.45) is 3.48. The van der Waals surface area contributed by atoms with Gasteiger partial charge in [-0.3, -0.25) is 4.99 Å². The van der Waals surface area contributed by atoms with Gasteiger partial charge in [-0.25, -0.2) is 8.42 Å². The lowest BCUT2D eigenvalue weighted by molar-refractivity contribution is 0.321. The first-order chi connectivity index (χ1) is 11.4. The van der Waals surface area contributed by atoms with E-state index in [0.29, 0.717) is 29.7 Å². The molecule has 0 aliphatic rings. The lowest BCUT2D eigenvalue weighted by Gasteiger charge is -2.16. The molecule has 2 N–H and O–H groups in total. The number of rotatable bonds is 9. The predicted molar refractivity (Wildman–Crippen MR) is 98.5 cm³/mol. The Morgan fingerprint density at radius 2 is 1.79 bits per heavy atom. The van der Waals surface area contributed by atoms with Crippen LogP contribution in [0.3, 0.4) is 0 Å². The highest BCUT2D eigenvalue weighted by Crippen LogP contribution is 2.15. The summed E-state index contributed by atoms with van der Waals surface area (Å²) in [6.45, 7) is 6.35. The fourth-order valence-electron chi connectivity index (χ4n) is 2.16. The van der Waals surface area contributed by atoms with E-state index in [2.05, 4.69) is 29.5 Å². The Bertz CT molecular complexity index is 608. The Kier molecular flexibility index (Phi) is 8.60. The van der Waals surface area contributed by atoms with Crippen molar-refractivity contribution in [2.75, 3.05) is 33.0 Å². The van der Waals surface area contributed by atoms with Gasteiger partial charge in [0.2, 0.25) is 0 Å². The number of benzene rings is 1. The van der Waals surface area contributed by atoms with E-state index in [1.165, 1.54) is 6.26 Å². The third kappa shape index (κ3) is 7.21. The van der Waals surface area contributed by atoms with Crippen molar-refractivity contribution in [3.05, 3.63) is 24.3 Å². The van der Waals surface area contributed by atoms with Crippen molar-refractivity contribution in [3.63, 3.8) is 0 Å². The number of aliphatic imine (C=N–C) groups is 1. The van der Waals surface area contributed by atoms with Crippen LogP contribution in [0.5, 0.6) is 5.75 Å². The van der Waals surface area contributed by atoms with Crippen LogP contribution in [0.4, 0.5) is 0 Å². The minimum Gasteiger partial charge on any atom is -0.492 e. The monoisotopic (exact) mass is 355 g/mol. The van der Waals surface area contributed by atoms with Gasteiger partial charge in [-0.05, 0) is 30.2 Å². The van der Waals surface area contributed by atoms with Crippen molar-refractivity contribution in [1.82, 2.24) is 10.6 Å². The summed E-state index contributed by atoms with van der Waals surface area (Å²) in [5.41, 5.74) is 0. The standard InChI is InChI=1S/C17H29N3O3S/c1-5-14(6-2)13-20-17(18-3)19-11-12-23-15-7-9-16(10-8-15)24(4,21)22/h7-10,14H,5-6,11-13H2,1-4H3,(H2,18,19,20). The number of ether oxygens (including phenoxy) is 1. The first kappa shape index (κ1) is 20.3. The zero-order valence-corrected chi connectivity index (χ0v) is 15.8. The molecule has 24 heavy (non-hydrogen) atoms. The molecule has 0 fully saturated rings. The third-order valence-electron chi connectivity index (χ3n) is 3.85. The number of nitrogens with zero attached hydrogens (tertiary/aromatic N) is 1. The number of nitrogens with one attached hydrogen (secondary N) is 2. The number of guanidine groups is 1. The number of hydrogen-bond acceptors (Lipinski definition) is 4. The summed E-state index contributed by atoms with van der Waals surface area (Å²) >= 11 is 0. The summed E-state index contributed by atoms with van der Waals surface area (Å²) in [6, 6.07) is 6.43. The normalized spacial score (nSPS) is 12.3. The van der Waals surface area contributed by atoms with Crippen LogP contribution in [0.2, 0.25) is 0 Å². The molecule has 1 rings (SSSR count). The summed E-state index contributed by atoms with van der Waals surface area (Å²) in [7, 11) is -1.43. The van der Waals surface area contributed by atoms with E-state index in [1.807, 2.05) is 0 Å². The van der Waals surface area contributed by atoms with Gasteiger partial charge in [-0.2, -0.15) is 0 Å². The molecule has 0 aliphatic heterocycles.